The first kappa shape index (κ1) is 15.9. The van der Waals surface area contributed by atoms with Crippen LogP contribution in [0.5, 0.6) is 0 Å². The minimum Gasteiger partial charge on any atom is -0.452 e. The van der Waals surface area contributed by atoms with Crippen LogP contribution in [-0.2, 0) is 22.5 Å². The van der Waals surface area contributed by atoms with Gasteiger partial charge in [-0.2, -0.15) is 12.6 Å². The summed E-state index contributed by atoms with van der Waals surface area (Å²) in [5.41, 5.74) is 0. The molecule has 0 amide bonds. The summed E-state index contributed by atoms with van der Waals surface area (Å²) < 4.78 is 20.0. The van der Waals surface area contributed by atoms with Gasteiger partial charge in [-0.1, -0.05) is 6.92 Å². The van der Waals surface area contributed by atoms with Crippen LogP contribution in [0.15, 0.2) is 0 Å². The minimum atomic E-state index is -3.23. The summed E-state index contributed by atoms with van der Waals surface area (Å²) in [6, 6.07) is 0. The molecule has 16 heavy (non-hydrogen) atoms. The van der Waals surface area contributed by atoms with E-state index in [1.807, 2.05) is 6.92 Å². The van der Waals surface area contributed by atoms with Gasteiger partial charge in [0, 0.05) is 27.8 Å². The van der Waals surface area contributed by atoms with Crippen LogP contribution in [0.3, 0.4) is 0 Å². The van der Waals surface area contributed by atoms with Gasteiger partial charge in [-0.3, -0.25) is 4.79 Å². The Morgan fingerprint density at radius 1 is 1.25 bits per heavy atom. The molecule has 0 aliphatic rings. The van der Waals surface area contributed by atoms with Crippen LogP contribution >= 0.6 is 12.6 Å². The van der Waals surface area contributed by atoms with Crippen LogP contribution in [0.4, 0.5) is 0 Å². The quantitative estimate of drug-likeness (QED) is 0.532. The molecule has 0 aromatic heterocycles. The lowest BCUT2D eigenvalue weighted by molar-refractivity contribution is -0.143. The highest BCUT2D eigenvalue weighted by atomic mass is 32.1. The largest absolute Gasteiger partial charge is 0.750 e. The molecular weight excluding hydrogens is 248 g/mol. The maximum Gasteiger partial charge on any atom is 0.750 e. The zero-order valence-electron chi connectivity index (χ0n) is 10.2. The Kier molecular flexibility index (Phi) is 8.03. The maximum absolute atomic E-state index is 11.5. The lowest BCUT2D eigenvalue weighted by Gasteiger charge is -2.22. The van der Waals surface area contributed by atoms with Crippen molar-refractivity contribution in [1.82, 2.24) is 0 Å². The SMILES string of the molecule is CO[Si](OC)(OC)OC(=O)CCCC(C)S. The van der Waals surface area contributed by atoms with Gasteiger partial charge in [0.05, 0.1) is 0 Å². The number of hydrogen-bond donors (Lipinski definition) is 1. The summed E-state index contributed by atoms with van der Waals surface area (Å²) in [7, 11) is 0.947. The van der Waals surface area contributed by atoms with Crippen molar-refractivity contribution >= 4 is 27.6 Å². The van der Waals surface area contributed by atoms with Crippen molar-refractivity contribution in [2.75, 3.05) is 21.3 Å². The standard InChI is InChI=1S/C9H20O5SSi/c1-8(15)6-5-7-9(10)14-16(11-2,12-3)13-4/h8,15H,5-7H2,1-4H3. The van der Waals surface area contributed by atoms with E-state index in [0.29, 0.717) is 6.42 Å². The lowest BCUT2D eigenvalue weighted by Crippen LogP contribution is -2.48. The van der Waals surface area contributed by atoms with Crippen molar-refractivity contribution in [1.29, 1.82) is 0 Å². The number of thiol groups is 1. The third-order valence-electron chi connectivity index (χ3n) is 1.99. The van der Waals surface area contributed by atoms with Crippen molar-refractivity contribution in [2.24, 2.45) is 0 Å². The molecule has 0 saturated carbocycles. The predicted octanol–water partition coefficient (Wildman–Crippen LogP) is 1.39. The Labute approximate surface area is 103 Å². The first-order valence-corrected chi connectivity index (χ1v) is 7.20. The van der Waals surface area contributed by atoms with Gasteiger partial charge in [0.25, 0.3) is 5.97 Å². The van der Waals surface area contributed by atoms with Gasteiger partial charge in [-0.25, -0.2) is 0 Å². The Balaban J connectivity index is 4.01. The summed E-state index contributed by atoms with van der Waals surface area (Å²) >= 11 is 4.22. The predicted molar refractivity (Wildman–Crippen MR) is 65.2 cm³/mol. The molecule has 96 valence electrons. The number of rotatable bonds is 8. The number of carbonyl (C=O) groups is 1. The zero-order valence-corrected chi connectivity index (χ0v) is 12.1. The van der Waals surface area contributed by atoms with Gasteiger partial charge in [0.2, 0.25) is 0 Å². The second-order valence-corrected chi connectivity index (χ2v) is 6.64. The molecule has 0 aromatic carbocycles. The topological polar surface area (TPSA) is 54.0 Å². The molecule has 0 radical (unpaired) electrons. The van der Waals surface area contributed by atoms with E-state index >= 15 is 0 Å². The fourth-order valence-electron chi connectivity index (χ4n) is 1.11. The molecule has 0 N–H and O–H groups in total. The Morgan fingerprint density at radius 3 is 2.12 bits per heavy atom. The molecule has 0 fully saturated rings. The Hall–Kier alpha value is -0.0831. The molecular formula is C9H20O5SSi. The van der Waals surface area contributed by atoms with Crippen molar-refractivity contribution in [3.8, 4) is 0 Å². The molecule has 0 heterocycles. The van der Waals surface area contributed by atoms with E-state index < -0.39 is 9.05 Å². The van der Waals surface area contributed by atoms with Crippen LogP contribution < -0.4 is 0 Å². The third-order valence-corrected chi connectivity index (χ3v) is 4.23. The monoisotopic (exact) mass is 268 g/mol. The van der Waals surface area contributed by atoms with Crippen LogP contribution in [0.1, 0.15) is 26.2 Å². The summed E-state index contributed by atoms with van der Waals surface area (Å²) in [6.07, 6.45) is 1.90. The fourth-order valence-corrected chi connectivity index (χ4v) is 2.42. The van der Waals surface area contributed by atoms with Gasteiger partial charge >= 0.3 is 9.05 Å². The minimum absolute atomic E-state index is 0.280. The van der Waals surface area contributed by atoms with Gasteiger partial charge in [0.15, 0.2) is 0 Å². The molecule has 0 spiro atoms. The molecule has 0 aliphatic heterocycles. The summed E-state index contributed by atoms with van der Waals surface area (Å²) in [4.78, 5) is 11.5. The van der Waals surface area contributed by atoms with Crippen LogP contribution in [0, 0.1) is 0 Å². The number of carbonyl (C=O) groups excluding carboxylic acids is 1. The second-order valence-electron chi connectivity index (χ2n) is 3.33. The van der Waals surface area contributed by atoms with Gasteiger partial charge in [-0.05, 0) is 18.1 Å². The molecule has 7 heteroatoms. The summed E-state index contributed by atoms with van der Waals surface area (Å²) in [6.45, 7) is 1.98. The molecule has 1 unspecified atom stereocenters. The van der Waals surface area contributed by atoms with Crippen LogP contribution in [0.2, 0.25) is 0 Å². The smallest absolute Gasteiger partial charge is 0.452 e. The highest BCUT2D eigenvalue weighted by Gasteiger charge is 2.46. The molecule has 0 bridgehead atoms. The normalized spacial score (nSPS) is 13.6. The highest BCUT2D eigenvalue weighted by molar-refractivity contribution is 7.80. The van der Waals surface area contributed by atoms with Crippen molar-refractivity contribution in [3.63, 3.8) is 0 Å². The number of hydrogen-bond acceptors (Lipinski definition) is 6. The first-order chi connectivity index (χ1) is 7.49. The van der Waals surface area contributed by atoms with Crippen molar-refractivity contribution in [3.05, 3.63) is 0 Å². The average Bonchev–Trinajstić information content (AvgIpc) is 2.25. The highest BCUT2D eigenvalue weighted by Crippen LogP contribution is 2.12. The van der Waals surface area contributed by atoms with Crippen LogP contribution in [-0.4, -0.2) is 41.6 Å². The van der Waals surface area contributed by atoms with E-state index in [0.717, 1.165) is 12.8 Å². The van der Waals surface area contributed by atoms with Crippen LogP contribution in [0.25, 0.3) is 0 Å². The van der Waals surface area contributed by atoms with Crippen molar-refractivity contribution < 1.29 is 22.5 Å². The first-order valence-electron chi connectivity index (χ1n) is 5.05. The van der Waals surface area contributed by atoms with Gasteiger partial charge in [0.1, 0.15) is 0 Å². The molecule has 1 atom stereocenters. The van der Waals surface area contributed by atoms with E-state index in [-0.39, 0.29) is 11.2 Å². The van der Waals surface area contributed by atoms with E-state index in [1.54, 1.807) is 0 Å². The van der Waals surface area contributed by atoms with E-state index in [4.69, 9.17) is 17.7 Å². The van der Waals surface area contributed by atoms with E-state index in [9.17, 15) is 4.79 Å². The molecule has 0 rings (SSSR count). The molecule has 0 aliphatic carbocycles. The lowest BCUT2D eigenvalue weighted by atomic mass is 10.2. The summed E-state index contributed by atoms with van der Waals surface area (Å²) in [5, 5.41) is 0.280. The van der Waals surface area contributed by atoms with Gasteiger partial charge in [-0.15, -0.1) is 0 Å². The van der Waals surface area contributed by atoms with Crippen molar-refractivity contribution in [2.45, 2.75) is 31.4 Å². The fraction of sp³-hybridized carbons (Fsp3) is 0.889. The molecule has 5 nitrogen and oxygen atoms in total. The third kappa shape index (κ3) is 5.85. The zero-order chi connectivity index (χ0) is 12.6. The van der Waals surface area contributed by atoms with E-state index in [2.05, 4.69) is 12.6 Å². The Morgan fingerprint density at radius 2 is 1.75 bits per heavy atom. The maximum atomic E-state index is 11.5. The van der Waals surface area contributed by atoms with E-state index in [1.165, 1.54) is 21.3 Å². The summed E-state index contributed by atoms with van der Waals surface area (Å²) in [5.74, 6) is -0.369. The molecule has 0 saturated heterocycles. The van der Waals surface area contributed by atoms with Gasteiger partial charge < -0.3 is 17.7 Å². The average molecular weight is 268 g/mol. The molecule has 0 aromatic rings. The second kappa shape index (κ2) is 8.07. The Bertz CT molecular complexity index is 200.